The van der Waals surface area contributed by atoms with E-state index in [1.54, 1.807) is 6.08 Å². The van der Waals surface area contributed by atoms with Crippen LogP contribution in [-0.4, -0.2) is 72.0 Å². The minimum atomic E-state index is 0.367. The predicted molar refractivity (Wildman–Crippen MR) is 140 cm³/mol. The van der Waals surface area contributed by atoms with Gasteiger partial charge in [0.05, 0.1) is 25.6 Å². The first kappa shape index (κ1) is 26.0. The number of carbonyl (C=O) groups excluding carboxylic acids is 1. The summed E-state index contributed by atoms with van der Waals surface area (Å²) in [7, 11) is 0. The highest BCUT2D eigenvalue weighted by molar-refractivity contribution is 6.00. The van der Waals surface area contributed by atoms with Gasteiger partial charge < -0.3 is 9.64 Å². The summed E-state index contributed by atoms with van der Waals surface area (Å²) in [6, 6.07) is 5.01. The van der Waals surface area contributed by atoms with E-state index in [-0.39, 0.29) is 0 Å². The SMILES string of the molecule is C=C/C(C)=C(C=O)\C=C(/C)c1ccc(C(=NCN2CCOC[C@@H]2C)N2CCCC[C@@H]2C)c(C)n1. The van der Waals surface area contributed by atoms with E-state index in [1.807, 2.05) is 26.0 Å². The minimum Gasteiger partial charge on any atom is -0.379 e. The van der Waals surface area contributed by atoms with Gasteiger partial charge in [-0.1, -0.05) is 12.7 Å². The van der Waals surface area contributed by atoms with E-state index >= 15 is 0 Å². The third-order valence-electron chi connectivity index (χ3n) is 6.97. The molecule has 0 amide bonds. The minimum absolute atomic E-state index is 0.367. The van der Waals surface area contributed by atoms with Gasteiger partial charge in [0.1, 0.15) is 12.1 Å². The molecule has 0 radical (unpaired) electrons. The summed E-state index contributed by atoms with van der Waals surface area (Å²) in [5.74, 6) is 1.04. The van der Waals surface area contributed by atoms with Gasteiger partial charge in [-0.25, -0.2) is 0 Å². The van der Waals surface area contributed by atoms with Gasteiger partial charge in [-0.05, 0) is 83.2 Å². The van der Waals surface area contributed by atoms with Gasteiger partial charge in [-0.3, -0.25) is 19.7 Å². The highest BCUT2D eigenvalue weighted by atomic mass is 16.5. The second kappa shape index (κ2) is 12.2. The summed E-state index contributed by atoms with van der Waals surface area (Å²) in [6.45, 7) is 18.3. The first-order valence-electron chi connectivity index (χ1n) is 12.4. The number of allylic oxidation sites excluding steroid dienone is 5. The Morgan fingerprint density at radius 3 is 2.68 bits per heavy atom. The monoisotopic (exact) mass is 464 g/mol. The van der Waals surface area contributed by atoms with Crippen LogP contribution in [0, 0.1) is 6.92 Å². The van der Waals surface area contributed by atoms with Crippen LogP contribution in [-0.2, 0) is 9.53 Å². The topological polar surface area (TPSA) is 58.0 Å². The predicted octanol–water partition coefficient (Wildman–Crippen LogP) is 4.79. The van der Waals surface area contributed by atoms with Crippen molar-refractivity contribution in [3.8, 4) is 0 Å². The number of aldehydes is 1. The fraction of sp³-hybridized carbons (Fsp3) is 0.536. The van der Waals surface area contributed by atoms with Gasteiger partial charge in [0.15, 0.2) is 0 Å². The molecule has 1 aromatic rings. The van der Waals surface area contributed by atoms with Crippen molar-refractivity contribution in [2.75, 3.05) is 33.0 Å². The maximum Gasteiger partial charge on any atom is 0.150 e. The van der Waals surface area contributed by atoms with Gasteiger partial charge >= 0.3 is 0 Å². The summed E-state index contributed by atoms with van der Waals surface area (Å²) in [5, 5.41) is 0. The van der Waals surface area contributed by atoms with Crippen molar-refractivity contribution >= 4 is 17.7 Å². The summed E-state index contributed by atoms with van der Waals surface area (Å²) in [4.78, 5) is 26.4. The molecule has 0 N–H and O–H groups in total. The van der Waals surface area contributed by atoms with Crippen LogP contribution in [0.25, 0.3) is 5.57 Å². The highest BCUT2D eigenvalue weighted by Gasteiger charge is 2.25. The number of morpholine rings is 1. The Balaban J connectivity index is 1.95. The summed E-state index contributed by atoms with van der Waals surface area (Å²) in [5.41, 5.74) is 5.33. The van der Waals surface area contributed by atoms with Gasteiger partial charge in [-0.2, -0.15) is 0 Å². The normalized spacial score (nSPS) is 23.5. The number of aromatic nitrogens is 1. The molecule has 0 aliphatic carbocycles. The molecule has 6 heteroatoms. The summed E-state index contributed by atoms with van der Waals surface area (Å²) in [6.07, 6.45) is 8.09. The number of hydrogen-bond acceptors (Lipinski definition) is 5. The Kier molecular flexibility index (Phi) is 9.36. The molecular formula is C28H40N4O2. The molecule has 2 aliphatic heterocycles. The van der Waals surface area contributed by atoms with Crippen LogP contribution in [0.3, 0.4) is 0 Å². The summed E-state index contributed by atoms with van der Waals surface area (Å²) >= 11 is 0. The molecule has 0 saturated carbocycles. The first-order chi connectivity index (χ1) is 16.3. The molecule has 3 rings (SSSR count). The van der Waals surface area contributed by atoms with Crippen molar-refractivity contribution in [3.05, 3.63) is 59.0 Å². The first-order valence-corrected chi connectivity index (χ1v) is 12.4. The van der Waals surface area contributed by atoms with E-state index in [0.29, 0.717) is 24.3 Å². The van der Waals surface area contributed by atoms with Crippen molar-refractivity contribution in [3.63, 3.8) is 0 Å². The number of carbonyl (C=O) groups is 1. The smallest absolute Gasteiger partial charge is 0.150 e. The molecule has 2 fully saturated rings. The van der Waals surface area contributed by atoms with Gasteiger partial charge in [-0.15, -0.1) is 0 Å². The van der Waals surface area contributed by atoms with Crippen LogP contribution < -0.4 is 0 Å². The molecule has 0 spiro atoms. The quantitative estimate of drug-likeness (QED) is 0.191. The second-order valence-corrected chi connectivity index (χ2v) is 9.51. The maximum atomic E-state index is 11.5. The molecule has 1 aromatic heterocycles. The van der Waals surface area contributed by atoms with Crippen molar-refractivity contribution in [2.45, 2.75) is 66.0 Å². The van der Waals surface area contributed by atoms with Crippen molar-refractivity contribution in [1.29, 1.82) is 0 Å². The maximum absolute atomic E-state index is 11.5. The zero-order chi connectivity index (χ0) is 24.7. The molecule has 6 nitrogen and oxygen atoms in total. The number of ether oxygens (including phenoxy) is 1. The number of aliphatic imine (C=N–C) groups is 1. The number of aryl methyl sites for hydroxylation is 1. The number of hydrogen-bond donors (Lipinski definition) is 0. The zero-order valence-electron chi connectivity index (χ0n) is 21.5. The Morgan fingerprint density at radius 2 is 2.03 bits per heavy atom. The standard InChI is InChI=1S/C28H40N4O2/c1-7-20(2)25(17-33)16-21(3)27-12-11-26(24(6)30-27)28(32-13-9-8-10-22(32)4)29-19-31-14-15-34-18-23(31)5/h7,11-12,16-17,22-23H,1,8-10,13-15,18-19H2,2-6H3/b21-16+,25-20+,29-28?/t22-,23-/m0/s1. The second-order valence-electron chi connectivity index (χ2n) is 9.51. The fourth-order valence-electron chi connectivity index (χ4n) is 4.56. The molecule has 0 bridgehead atoms. The molecule has 184 valence electrons. The zero-order valence-corrected chi connectivity index (χ0v) is 21.5. The summed E-state index contributed by atoms with van der Waals surface area (Å²) < 4.78 is 5.60. The highest BCUT2D eigenvalue weighted by Crippen LogP contribution is 2.23. The Hall–Kier alpha value is -2.57. The van der Waals surface area contributed by atoms with Crippen LogP contribution in [0.15, 0.2) is 47.0 Å². The number of rotatable bonds is 7. The van der Waals surface area contributed by atoms with E-state index < -0.39 is 0 Å². The number of nitrogens with zero attached hydrogens (tertiary/aromatic N) is 4. The van der Waals surface area contributed by atoms with Crippen molar-refractivity contribution in [2.24, 2.45) is 4.99 Å². The van der Waals surface area contributed by atoms with Crippen LogP contribution >= 0.6 is 0 Å². The molecule has 0 aromatic carbocycles. The van der Waals surface area contributed by atoms with E-state index in [2.05, 4.69) is 43.2 Å². The van der Waals surface area contributed by atoms with Crippen LogP contribution in [0.1, 0.15) is 63.9 Å². The van der Waals surface area contributed by atoms with Gasteiger partial charge in [0.2, 0.25) is 0 Å². The third-order valence-corrected chi connectivity index (χ3v) is 6.97. The third kappa shape index (κ3) is 6.30. The number of amidine groups is 1. The average molecular weight is 465 g/mol. The Labute approximate surface area is 205 Å². The Bertz CT molecular complexity index is 979. The van der Waals surface area contributed by atoms with Gasteiger partial charge in [0, 0.05) is 42.0 Å². The lowest BCUT2D eigenvalue weighted by molar-refractivity contribution is -0.104. The number of pyridine rings is 1. The molecule has 34 heavy (non-hydrogen) atoms. The number of likely N-dealkylation sites (tertiary alicyclic amines) is 1. The van der Waals surface area contributed by atoms with E-state index in [9.17, 15) is 4.79 Å². The van der Waals surface area contributed by atoms with Crippen molar-refractivity contribution in [1.82, 2.24) is 14.8 Å². The average Bonchev–Trinajstić information content (AvgIpc) is 2.84. The lowest BCUT2D eigenvalue weighted by Gasteiger charge is -2.37. The lowest BCUT2D eigenvalue weighted by atomic mass is 10.0. The largest absolute Gasteiger partial charge is 0.379 e. The van der Waals surface area contributed by atoms with E-state index in [1.165, 1.54) is 19.3 Å². The van der Waals surface area contributed by atoms with Crippen LogP contribution in [0.2, 0.25) is 0 Å². The van der Waals surface area contributed by atoms with Crippen LogP contribution in [0.5, 0.6) is 0 Å². The molecule has 2 aliphatic rings. The van der Waals surface area contributed by atoms with Crippen molar-refractivity contribution < 1.29 is 9.53 Å². The molecule has 2 atom stereocenters. The number of piperidine rings is 1. The Morgan fingerprint density at radius 1 is 1.24 bits per heavy atom. The van der Waals surface area contributed by atoms with Gasteiger partial charge in [0.25, 0.3) is 0 Å². The molecule has 3 heterocycles. The van der Waals surface area contributed by atoms with Crippen LogP contribution in [0.4, 0.5) is 0 Å². The van der Waals surface area contributed by atoms with E-state index in [0.717, 1.165) is 66.5 Å². The molecular weight excluding hydrogens is 424 g/mol. The fourth-order valence-corrected chi connectivity index (χ4v) is 4.56. The molecule has 2 saturated heterocycles. The molecule has 0 unspecified atom stereocenters. The van der Waals surface area contributed by atoms with E-state index in [4.69, 9.17) is 14.7 Å². The lowest BCUT2D eigenvalue weighted by Crippen LogP contribution is -2.46.